The van der Waals surface area contributed by atoms with E-state index in [-0.39, 0.29) is 24.3 Å². The molecule has 0 saturated carbocycles. The average Bonchev–Trinajstić information content (AvgIpc) is 2.52. The van der Waals surface area contributed by atoms with Gasteiger partial charge in [-0.3, -0.25) is 9.59 Å². The van der Waals surface area contributed by atoms with Gasteiger partial charge in [-0.25, -0.2) is 0 Å². The van der Waals surface area contributed by atoms with E-state index < -0.39 is 5.91 Å². The average molecular weight is 367 g/mol. The summed E-state index contributed by atoms with van der Waals surface area (Å²) in [6.07, 6.45) is 0. The summed E-state index contributed by atoms with van der Waals surface area (Å²) in [5.41, 5.74) is 6.10. The summed E-state index contributed by atoms with van der Waals surface area (Å²) in [6.45, 7) is 1.50. The molecule has 2 aromatic carbocycles. The van der Waals surface area contributed by atoms with E-state index in [1.165, 1.54) is 0 Å². The molecule has 126 valence electrons. The van der Waals surface area contributed by atoms with Crippen LogP contribution in [0.5, 0.6) is 5.75 Å². The SMILES string of the molecule is CC(NC(=O)c1ccccc1OCC(N)=O)c1ccc(Cl)cc1Cl. The third-order valence-corrected chi connectivity index (χ3v) is 3.84. The van der Waals surface area contributed by atoms with Gasteiger partial charge in [0.15, 0.2) is 6.61 Å². The van der Waals surface area contributed by atoms with E-state index in [4.69, 9.17) is 33.7 Å². The minimum atomic E-state index is -0.619. The number of rotatable bonds is 6. The zero-order chi connectivity index (χ0) is 17.7. The fourth-order valence-corrected chi connectivity index (χ4v) is 2.71. The topological polar surface area (TPSA) is 81.4 Å². The van der Waals surface area contributed by atoms with Gasteiger partial charge in [-0.2, -0.15) is 0 Å². The Kier molecular flexibility index (Phi) is 6.06. The van der Waals surface area contributed by atoms with Crippen molar-refractivity contribution in [3.05, 3.63) is 63.6 Å². The molecule has 0 aliphatic heterocycles. The van der Waals surface area contributed by atoms with Crippen LogP contribution in [0.15, 0.2) is 42.5 Å². The number of halogens is 2. The van der Waals surface area contributed by atoms with Crippen LogP contribution < -0.4 is 15.8 Å². The predicted octanol–water partition coefficient (Wildman–Crippen LogP) is 3.35. The van der Waals surface area contributed by atoms with Crippen molar-refractivity contribution in [2.75, 3.05) is 6.61 Å². The van der Waals surface area contributed by atoms with Gasteiger partial charge in [0, 0.05) is 10.0 Å². The lowest BCUT2D eigenvalue weighted by atomic mass is 10.1. The molecule has 0 heterocycles. The standard InChI is InChI=1S/C17H16Cl2N2O3/c1-10(12-7-6-11(18)8-14(12)19)21-17(23)13-4-2-3-5-15(13)24-9-16(20)22/h2-8,10H,9H2,1H3,(H2,20,22)(H,21,23). The Bertz CT molecular complexity index is 765. The first kappa shape index (κ1) is 18.1. The zero-order valence-corrected chi connectivity index (χ0v) is 14.4. The van der Waals surface area contributed by atoms with Crippen molar-refractivity contribution in [3.63, 3.8) is 0 Å². The number of hydrogen-bond acceptors (Lipinski definition) is 3. The van der Waals surface area contributed by atoms with Crippen LogP contribution >= 0.6 is 23.2 Å². The summed E-state index contributed by atoms with van der Waals surface area (Å²) >= 11 is 12.0. The number of carbonyl (C=O) groups excluding carboxylic acids is 2. The lowest BCUT2D eigenvalue weighted by molar-refractivity contribution is -0.119. The Balaban J connectivity index is 2.16. The molecule has 5 nitrogen and oxygen atoms in total. The highest BCUT2D eigenvalue weighted by atomic mass is 35.5. The Morgan fingerprint density at radius 3 is 2.58 bits per heavy atom. The number of amides is 2. The molecule has 2 rings (SSSR count). The van der Waals surface area contributed by atoms with Gasteiger partial charge in [0.2, 0.25) is 0 Å². The van der Waals surface area contributed by atoms with Crippen molar-refractivity contribution in [3.8, 4) is 5.75 Å². The number of para-hydroxylation sites is 1. The van der Waals surface area contributed by atoms with Crippen molar-refractivity contribution in [2.24, 2.45) is 5.73 Å². The first-order valence-electron chi connectivity index (χ1n) is 7.14. The molecule has 7 heteroatoms. The van der Waals surface area contributed by atoms with Crippen molar-refractivity contribution in [1.29, 1.82) is 0 Å². The van der Waals surface area contributed by atoms with Crippen LogP contribution in [-0.2, 0) is 4.79 Å². The molecule has 1 unspecified atom stereocenters. The summed E-state index contributed by atoms with van der Waals surface area (Å²) in [7, 11) is 0. The van der Waals surface area contributed by atoms with Crippen molar-refractivity contribution < 1.29 is 14.3 Å². The summed E-state index contributed by atoms with van der Waals surface area (Å²) in [6, 6.07) is 11.3. The number of nitrogens with two attached hydrogens (primary N) is 1. The first-order valence-corrected chi connectivity index (χ1v) is 7.90. The van der Waals surface area contributed by atoms with Gasteiger partial charge in [-0.15, -0.1) is 0 Å². The van der Waals surface area contributed by atoms with E-state index in [1.54, 1.807) is 49.4 Å². The van der Waals surface area contributed by atoms with Crippen molar-refractivity contribution >= 4 is 35.0 Å². The lowest BCUT2D eigenvalue weighted by Gasteiger charge is -2.17. The monoisotopic (exact) mass is 366 g/mol. The molecule has 2 amide bonds. The van der Waals surface area contributed by atoms with Crippen LogP contribution in [0.1, 0.15) is 28.9 Å². The van der Waals surface area contributed by atoms with Gasteiger partial charge in [-0.1, -0.05) is 41.4 Å². The molecule has 24 heavy (non-hydrogen) atoms. The molecule has 0 radical (unpaired) electrons. The minimum absolute atomic E-state index is 0.281. The second kappa shape index (κ2) is 8.04. The highest BCUT2D eigenvalue weighted by molar-refractivity contribution is 6.35. The summed E-state index contributed by atoms with van der Waals surface area (Å²) in [4.78, 5) is 23.3. The zero-order valence-electron chi connectivity index (χ0n) is 12.9. The molecule has 0 aromatic heterocycles. The predicted molar refractivity (Wildman–Crippen MR) is 93.5 cm³/mol. The molecule has 0 fully saturated rings. The van der Waals surface area contributed by atoms with Crippen LogP contribution in [0.4, 0.5) is 0 Å². The van der Waals surface area contributed by atoms with Crippen LogP contribution in [0.2, 0.25) is 10.0 Å². The Hall–Kier alpha value is -2.24. The van der Waals surface area contributed by atoms with E-state index in [2.05, 4.69) is 5.32 Å². The van der Waals surface area contributed by atoms with E-state index in [0.29, 0.717) is 15.6 Å². The molecular formula is C17H16Cl2N2O3. The smallest absolute Gasteiger partial charge is 0.255 e. The second-order valence-corrected chi connectivity index (χ2v) is 5.96. The summed E-state index contributed by atoms with van der Waals surface area (Å²) < 4.78 is 5.27. The Labute approximate surface area is 149 Å². The Morgan fingerprint density at radius 1 is 1.21 bits per heavy atom. The van der Waals surface area contributed by atoms with Gasteiger partial charge in [0.05, 0.1) is 11.6 Å². The van der Waals surface area contributed by atoms with Crippen molar-refractivity contribution in [2.45, 2.75) is 13.0 Å². The molecule has 1 atom stereocenters. The largest absolute Gasteiger partial charge is 0.483 e. The summed E-state index contributed by atoms with van der Waals surface area (Å²) in [5, 5.41) is 3.83. The molecule has 3 N–H and O–H groups in total. The second-order valence-electron chi connectivity index (χ2n) is 5.11. The molecule has 0 saturated heterocycles. The van der Waals surface area contributed by atoms with Crippen LogP contribution in [0.25, 0.3) is 0 Å². The normalized spacial score (nSPS) is 11.6. The molecule has 2 aromatic rings. The number of primary amides is 1. The summed E-state index contributed by atoms with van der Waals surface area (Å²) in [5.74, 6) is -0.691. The van der Waals surface area contributed by atoms with Crippen LogP contribution in [0.3, 0.4) is 0 Å². The number of ether oxygens (including phenoxy) is 1. The van der Waals surface area contributed by atoms with Crippen molar-refractivity contribution in [1.82, 2.24) is 5.32 Å². The highest BCUT2D eigenvalue weighted by Gasteiger charge is 2.17. The maximum absolute atomic E-state index is 12.5. The third kappa shape index (κ3) is 4.63. The van der Waals surface area contributed by atoms with E-state index >= 15 is 0 Å². The number of carbonyl (C=O) groups is 2. The number of hydrogen-bond donors (Lipinski definition) is 2. The minimum Gasteiger partial charge on any atom is -0.483 e. The molecule has 0 spiro atoms. The van der Waals surface area contributed by atoms with E-state index in [9.17, 15) is 9.59 Å². The quantitative estimate of drug-likeness (QED) is 0.822. The lowest BCUT2D eigenvalue weighted by Crippen LogP contribution is -2.28. The van der Waals surface area contributed by atoms with Crippen LogP contribution in [0, 0.1) is 0 Å². The van der Waals surface area contributed by atoms with E-state index in [0.717, 1.165) is 5.56 Å². The van der Waals surface area contributed by atoms with Crippen LogP contribution in [-0.4, -0.2) is 18.4 Å². The maximum atomic E-state index is 12.5. The van der Waals surface area contributed by atoms with Gasteiger partial charge in [-0.05, 0) is 36.8 Å². The van der Waals surface area contributed by atoms with Gasteiger partial charge in [0.25, 0.3) is 11.8 Å². The Morgan fingerprint density at radius 2 is 1.92 bits per heavy atom. The molecule has 0 aliphatic rings. The maximum Gasteiger partial charge on any atom is 0.255 e. The van der Waals surface area contributed by atoms with Gasteiger partial charge < -0.3 is 15.8 Å². The van der Waals surface area contributed by atoms with E-state index in [1.807, 2.05) is 0 Å². The van der Waals surface area contributed by atoms with Gasteiger partial charge >= 0.3 is 0 Å². The third-order valence-electron chi connectivity index (χ3n) is 3.28. The fourth-order valence-electron chi connectivity index (χ4n) is 2.13. The molecule has 0 aliphatic carbocycles. The number of nitrogens with one attached hydrogen (secondary N) is 1. The highest BCUT2D eigenvalue weighted by Crippen LogP contribution is 2.27. The molecular weight excluding hydrogens is 351 g/mol. The number of benzene rings is 2. The first-order chi connectivity index (χ1) is 11.4. The van der Waals surface area contributed by atoms with Gasteiger partial charge in [0.1, 0.15) is 5.75 Å². The fraction of sp³-hybridized carbons (Fsp3) is 0.176. The molecule has 0 bridgehead atoms.